The zero-order valence-corrected chi connectivity index (χ0v) is 10.1. The molecule has 1 rings (SSSR count). The van der Waals surface area contributed by atoms with Crippen LogP contribution in [0.5, 0.6) is 0 Å². The summed E-state index contributed by atoms with van der Waals surface area (Å²) in [6, 6.07) is 1.78. The SMILES string of the molecule is CNC(CCc1ccnn1C)CCC(F)(F)F. The van der Waals surface area contributed by atoms with Gasteiger partial charge in [0, 0.05) is 31.4 Å². The minimum Gasteiger partial charge on any atom is -0.317 e. The summed E-state index contributed by atoms with van der Waals surface area (Å²) in [6.45, 7) is 0. The van der Waals surface area contributed by atoms with E-state index < -0.39 is 12.6 Å². The van der Waals surface area contributed by atoms with E-state index >= 15 is 0 Å². The number of alkyl halides is 3. The van der Waals surface area contributed by atoms with Gasteiger partial charge in [0.1, 0.15) is 0 Å². The first-order valence-electron chi connectivity index (χ1n) is 5.63. The first kappa shape index (κ1) is 14.0. The Hall–Kier alpha value is -1.04. The Labute approximate surface area is 99.0 Å². The van der Waals surface area contributed by atoms with Crippen LogP contribution >= 0.6 is 0 Å². The molecule has 1 aromatic rings. The van der Waals surface area contributed by atoms with Gasteiger partial charge in [0.25, 0.3) is 0 Å². The van der Waals surface area contributed by atoms with E-state index in [2.05, 4.69) is 10.4 Å². The standard InChI is InChI=1S/C11H18F3N3/c1-15-9(5-7-11(12,13)14)3-4-10-6-8-16-17(10)2/h6,8-9,15H,3-5,7H2,1-2H3. The molecule has 98 valence electrons. The second-order valence-electron chi connectivity index (χ2n) is 4.12. The number of halogens is 3. The van der Waals surface area contributed by atoms with Crippen LogP contribution < -0.4 is 5.32 Å². The average Bonchev–Trinajstić information content (AvgIpc) is 2.63. The zero-order valence-electron chi connectivity index (χ0n) is 10.1. The first-order chi connectivity index (χ1) is 7.92. The highest BCUT2D eigenvalue weighted by Crippen LogP contribution is 2.23. The summed E-state index contributed by atoms with van der Waals surface area (Å²) >= 11 is 0. The predicted molar refractivity (Wildman–Crippen MR) is 59.7 cm³/mol. The van der Waals surface area contributed by atoms with Crippen LogP contribution in [-0.4, -0.2) is 29.0 Å². The molecule has 1 heterocycles. The molecule has 0 aliphatic rings. The van der Waals surface area contributed by atoms with Gasteiger partial charge in [-0.05, 0) is 32.4 Å². The van der Waals surface area contributed by atoms with Crippen LogP contribution in [0.3, 0.4) is 0 Å². The maximum absolute atomic E-state index is 12.1. The molecule has 1 unspecified atom stereocenters. The summed E-state index contributed by atoms with van der Waals surface area (Å²) in [5.41, 5.74) is 1.04. The van der Waals surface area contributed by atoms with Gasteiger partial charge in [0.05, 0.1) is 0 Å². The van der Waals surface area contributed by atoms with Gasteiger partial charge in [-0.1, -0.05) is 0 Å². The highest BCUT2D eigenvalue weighted by atomic mass is 19.4. The maximum Gasteiger partial charge on any atom is 0.389 e. The minimum absolute atomic E-state index is 0.105. The molecule has 0 amide bonds. The Morgan fingerprint density at radius 2 is 2.12 bits per heavy atom. The average molecular weight is 249 g/mol. The molecule has 0 aliphatic carbocycles. The van der Waals surface area contributed by atoms with Crippen molar-refractivity contribution in [1.29, 1.82) is 0 Å². The number of rotatable bonds is 6. The van der Waals surface area contributed by atoms with Crippen molar-refractivity contribution in [2.75, 3.05) is 7.05 Å². The van der Waals surface area contributed by atoms with Crippen molar-refractivity contribution < 1.29 is 13.2 Å². The largest absolute Gasteiger partial charge is 0.389 e. The van der Waals surface area contributed by atoms with Gasteiger partial charge in [-0.15, -0.1) is 0 Å². The second kappa shape index (κ2) is 6.05. The lowest BCUT2D eigenvalue weighted by Crippen LogP contribution is -2.28. The van der Waals surface area contributed by atoms with Gasteiger partial charge >= 0.3 is 6.18 Å². The van der Waals surface area contributed by atoms with Gasteiger partial charge in [-0.3, -0.25) is 4.68 Å². The van der Waals surface area contributed by atoms with Crippen molar-refractivity contribution in [3.8, 4) is 0 Å². The lowest BCUT2D eigenvalue weighted by molar-refractivity contribution is -0.136. The topological polar surface area (TPSA) is 29.9 Å². The Bertz CT molecular complexity index is 333. The van der Waals surface area contributed by atoms with E-state index in [4.69, 9.17) is 0 Å². The summed E-state index contributed by atoms with van der Waals surface area (Å²) < 4.78 is 38.0. The third-order valence-corrected chi connectivity index (χ3v) is 2.86. The second-order valence-corrected chi connectivity index (χ2v) is 4.12. The molecule has 17 heavy (non-hydrogen) atoms. The van der Waals surface area contributed by atoms with E-state index in [0.717, 1.165) is 12.1 Å². The minimum atomic E-state index is -4.07. The molecule has 3 nitrogen and oxygen atoms in total. The number of aryl methyl sites for hydroxylation is 2. The number of aromatic nitrogens is 2. The van der Waals surface area contributed by atoms with Crippen molar-refractivity contribution in [2.24, 2.45) is 7.05 Å². The highest BCUT2D eigenvalue weighted by Gasteiger charge is 2.27. The van der Waals surface area contributed by atoms with Gasteiger partial charge in [0.15, 0.2) is 0 Å². The molecule has 1 N–H and O–H groups in total. The molecule has 0 fully saturated rings. The molecule has 0 aromatic carbocycles. The summed E-state index contributed by atoms with van der Waals surface area (Å²) in [5.74, 6) is 0. The summed E-state index contributed by atoms with van der Waals surface area (Å²) in [6.07, 6.45) is -1.56. The fourth-order valence-corrected chi connectivity index (χ4v) is 1.74. The normalized spacial score (nSPS) is 13.9. The lowest BCUT2D eigenvalue weighted by Gasteiger charge is -2.17. The fourth-order valence-electron chi connectivity index (χ4n) is 1.74. The van der Waals surface area contributed by atoms with Crippen molar-refractivity contribution >= 4 is 0 Å². The smallest absolute Gasteiger partial charge is 0.317 e. The third kappa shape index (κ3) is 5.21. The van der Waals surface area contributed by atoms with Crippen molar-refractivity contribution in [3.05, 3.63) is 18.0 Å². The van der Waals surface area contributed by atoms with Crippen LogP contribution in [-0.2, 0) is 13.5 Å². The summed E-state index contributed by atoms with van der Waals surface area (Å²) in [7, 11) is 3.53. The number of hydrogen-bond acceptors (Lipinski definition) is 2. The van der Waals surface area contributed by atoms with E-state index in [0.29, 0.717) is 6.42 Å². The number of nitrogens with one attached hydrogen (secondary N) is 1. The molecule has 1 aromatic heterocycles. The van der Waals surface area contributed by atoms with Crippen LogP contribution in [0.25, 0.3) is 0 Å². The fraction of sp³-hybridized carbons (Fsp3) is 0.727. The Morgan fingerprint density at radius 1 is 1.41 bits per heavy atom. The molecule has 0 spiro atoms. The Balaban J connectivity index is 2.35. The van der Waals surface area contributed by atoms with Crippen LogP contribution in [0.15, 0.2) is 12.3 Å². The van der Waals surface area contributed by atoms with E-state index in [9.17, 15) is 13.2 Å². The van der Waals surface area contributed by atoms with Gasteiger partial charge in [0.2, 0.25) is 0 Å². The number of hydrogen-bond donors (Lipinski definition) is 1. The lowest BCUT2D eigenvalue weighted by atomic mass is 10.0. The van der Waals surface area contributed by atoms with Crippen LogP contribution in [0.1, 0.15) is 25.0 Å². The van der Waals surface area contributed by atoms with Crippen molar-refractivity contribution in [1.82, 2.24) is 15.1 Å². The Morgan fingerprint density at radius 3 is 2.59 bits per heavy atom. The third-order valence-electron chi connectivity index (χ3n) is 2.86. The monoisotopic (exact) mass is 249 g/mol. The summed E-state index contributed by atoms with van der Waals surface area (Å²) in [4.78, 5) is 0. The number of nitrogens with zero attached hydrogens (tertiary/aromatic N) is 2. The molecular formula is C11H18F3N3. The van der Waals surface area contributed by atoms with Crippen molar-refractivity contribution in [2.45, 2.75) is 37.9 Å². The molecule has 0 radical (unpaired) electrons. The van der Waals surface area contributed by atoms with Crippen LogP contribution in [0.4, 0.5) is 13.2 Å². The first-order valence-corrected chi connectivity index (χ1v) is 5.63. The molecule has 0 saturated heterocycles. The van der Waals surface area contributed by atoms with E-state index in [-0.39, 0.29) is 12.5 Å². The molecular weight excluding hydrogens is 231 g/mol. The summed E-state index contributed by atoms with van der Waals surface area (Å²) in [5, 5.41) is 6.95. The molecule has 1 atom stereocenters. The highest BCUT2D eigenvalue weighted by molar-refractivity contribution is 5.00. The van der Waals surface area contributed by atoms with E-state index in [1.54, 1.807) is 17.9 Å². The molecule has 0 aliphatic heterocycles. The predicted octanol–water partition coefficient (Wildman–Crippen LogP) is 2.28. The Kier molecular flexibility index (Phi) is 4.99. The molecule has 6 heteroatoms. The van der Waals surface area contributed by atoms with E-state index in [1.165, 1.54) is 0 Å². The van der Waals surface area contributed by atoms with E-state index in [1.807, 2.05) is 13.1 Å². The zero-order chi connectivity index (χ0) is 12.9. The molecule has 0 saturated carbocycles. The van der Waals surface area contributed by atoms with Gasteiger partial charge in [-0.2, -0.15) is 18.3 Å². The maximum atomic E-state index is 12.1. The van der Waals surface area contributed by atoms with Crippen LogP contribution in [0.2, 0.25) is 0 Å². The van der Waals surface area contributed by atoms with Crippen molar-refractivity contribution in [3.63, 3.8) is 0 Å². The quantitative estimate of drug-likeness (QED) is 0.838. The van der Waals surface area contributed by atoms with Gasteiger partial charge in [-0.25, -0.2) is 0 Å². The van der Waals surface area contributed by atoms with Crippen LogP contribution in [0, 0.1) is 0 Å². The molecule has 0 bridgehead atoms. The van der Waals surface area contributed by atoms with Gasteiger partial charge < -0.3 is 5.32 Å².